The summed E-state index contributed by atoms with van der Waals surface area (Å²) in [6.07, 6.45) is 0. The van der Waals surface area contributed by atoms with Gasteiger partial charge in [-0.1, -0.05) is 11.6 Å². The highest BCUT2D eigenvalue weighted by atomic mass is 35.5. The molecule has 0 bridgehead atoms. The molecule has 2 rings (SSSR count). The molecule has 0 aliphatic rings. The molecule has 1 atom stereocenters. The average molecular weight is 287 g/mol. The number of nitrogens with zero attached hydrogens (tertiary/aromatic N) is 1. The number of halogens is 2. The van der Waals surface area contributed by atoms with Crippen molar-refractivity contribution in [3.05, 3.63) is 40.1 Å². The van der Waals surface area contributed by atoms with Crippen molar-refractivity contribution in [3.8, 4) is 10.6 Å². The molecule has 7 heteroatoms. The highest BCUT2D eigenvalue weighted by Crippen LogP contribution is 2.28. The summed E-state index contributed by atoms with van der Waals surface area (Å²) < 4.78 is 13.2. The molecule has 3 N–H and O–H groups in total. The standard InChI is InChI=1S/C11H8ClFN2O2S/c12-6-1-5(2-7(13)3-6)10-15-8(4-18-10)9(14)11(16)17/h1-4,9H,14H2,(H,16,17). The first kappa shape index (κ1) is 12.9. The Kier molecular flexibility index (Phi) is 3.60. The zero-order valence-electron chi connectivity index (χ0n) is 8.93. The summed E-state index contributed by atoms with van der Waals surface area (Å²) in [6.45, 7) is 0. The van der Waals surface area contributed by atoms with Crippen LogP contribution in [0.2, 0.25) is 5.02 Å². The van der Waals surface area contributed by atoms with Gasteiger partial charge in [0.2, 0.25) is 0 Å². The third-order valence-electron chi connectivity index (χ3n) is 2.22. The predicted molar refractivity (Wildman–Crippen MR) is 67.1 cm³/mol. The monoisotopic (exact) mass is 286 g/mol. The van der Waals surface area contributed by atoms with E-state index in [1.54, 1.807) is 6.07 Å². The number of carbonyl (C=O) groups is 1. The Morgan fingerprint density at radius 3 is 2.83 bits per heavy atom. The van der Waals surface area contributed by atoms with Crippen molar-refractivity contribution in [1.82, 2.24) is 4.98 Å². The van der Waals surface area contributed by atoms with Crippen LogP contribution in [0.15, 0.2) is 23.6 Å². The maximum absolute atomic E-state index is 13.2. The quantitative estimate of drug-likeness (QED) is 0.909. The number of aromatic nitrogens is 1. The Bertz CT molecular complexity index is 582. The predicted octanol–water partition coefficient (Wildman–Crippen LogP) is 2.69. The van der Waals surface area contributed by atoms with Gasteiger partial charge in [-0.15, -0.1) is 11.3 Å². The summed E-state index contributed by atoms with van der Waals surface area (Å²) in [4.78, 5) is 14.8. The summed E-state index contributed by atoms with van der Waals surface area (Å²) >= 11 is 6.92. The van der Waals surface area contributed by atoms with Gasteiger partial charge in [-0.2, -0.15) is 0 Å². The molecule has 0 saturated heterocycles. The van der Waals surface area contributed by atoms with Gasteiger partial charge >= 0.3 is 5.97 Å². The summed E-state index contributed by atoms with van der Waals surface area (Å²) in [7, 11) is 0. The summed E-state index contributed by atoms with van der Waals surface area (Å²) in [5.41, 5.74) is 6.17. The average Bonchev–Trinajstić information content (AvgIpc) is 2.75. The van der Waals surface area contributed by atoms with Gasteiger partial charge in [0.05, 0.1) is 5.69 Å². The Morgan fingerprint density at radius 2 is 2.22 bits per heavy atom. The van der Waals surface area contributed by atoms with E-state index in [0.29, 0.717) is 10.6 Å². The first-order valence-electron chi connectivity index (χ1n) is 4.87. The molecule has 0 spiro atoms. The van der Waals surface area contributed by atoms with E-state index < -0.39 is 17.8 Å². The van der Waals surface area contributed by atoms with E-state index in [1.807, 2.05) is 0 Å². The number of rotatable bonds is 3. The number of nitrogens with two attached hydrogens (primary N) is 1. The zero-order chi connectivity index (χ0) is 13.3. The topological polar surface area (TPSA) is 76.2 Å². The Morgan fingerprint density at radius 1 is 1.50 bits per heavy atom. The lowest BCUT2D eigenvalue weighted by atomic mass is 10.2. The molecule has 1 unspecified atom stereocenters. The normalized spacial score (nSPS) is 12.4. The number of benzene rings is 1. The molecule has 2 aromatic rings. The lowest BCUT2D eigenvalue weighted by molar-refractivity contribution is -0.138. The molecule has 0 amide bonds. The molecule has 4 nitrogen and oxygen atoms in total. The van der Waals surface area contributed by atoms with Gasteiger partial charge in [0.15, 0.2) is 0 Å². The molecule has 0 aliphatic carbocycles. The van der Waals surface area contributed by atoms with Crippen molar-refractivity contribution in [3.63, 3.8) is 0 Å². The van der Waals surface area contributed by atoms with Crippen molar-refractivity contribution in [2.45, 2.75) is 6.04 Å². The van der Waals surface area contributed by atoms with Crippen LogP contribution in [-0.2, 0) is 4.79 Å². The first-order chi connectivity index (χ1) is 8.47. The van der Waals surface area contributed by atoms with Crippen LogP contribution in [0.1, 0.15) is 11.7 Å². The van der Waals surface area contributed by atoms with E-state index in [2.05, 4.69) is 4.98 Å². The maximum Gasteiger partial charge on any atom is 0.326 e. The fourth-order valence-corrected chi connectivity index (χ4v) is 2.43. The van der Waals surface area contributed by atoms with Crippen LogP contribution in [-0.4, -0.2) is 16.1 Å². The van der Waals surface area contributed by atoms with Gasteiger partial charge in [-0.3, -0.25) is 4.79 Å². The summed E-state index contributed by atoms with van der Waals surface area (Å²) in [5, 5.41) is 11.0. The second-order valence-corrected chi connectivity index (χ2v) is 4.85. The van der Waals surface area contributed by atoms with E-state index in [-0.39, 0.29) is 10.7 Å². The minimum absolute atomic E-state index is 0.239. The maximum atomic E-state index is 13.2. The van der Waals surface area contributed by atoms with Crippen LogP contribution in [0.25, 0.3) is 10.6 Å². The lowest BCUT2D eigenvalue weighted by Gasteiger charge is -2.01. The second-order valence-electron chi connectivity index (χ2n) is 3.55. The Labute approximate surface area is 111 Å². The minimum Gasteiger partial charge on any atom is -0.480 e. The molecule has 1 heterocycles. The van der Waals surface area contributed by atoms with Crippen LogP contribution in [0.3, 0.4) is 0 Å². The van der Waals surface area contributed by atoms with Gasteiger partial charge in [0.1, 0.15) is 16.9 Å². The molecule has 0 aliphatic heterocycles. The molecular weight excluding hydrogens is 279 g/mol. The lowest BCUT2D eigenvalue weighted by Crippen LogP contribution is -2.20. The molecule has 0 radical (unpaired) electrons. The number of thiazole rings is 1. The molecule has 18 heavy (non-hydrogen) atoms. The van der Waals surface area contributed by atoms with Crippen molar-refractivity contribution >= 4 is 28.9 Å². The molecule has 0 saturated carbocycles. The van der Waals surface area contributed by atoms with Crippen LogP contribution >= 0.6 is 22.9 Å². The third-order valence-corrected chi connectivity index (χ3v) is 3.34. The van der Waals surface area contributed by atoms with E-state index in [1.165, 1.54) is 28.8 Å². The van der Waals surface area contributed by atoms with Gasteiger partial charge in [-0.05, 0) is 18.2 Å². The first-order valence-corrected chi connectivity index (χ1v) is 6.13. The molecular formula is C11H8ClFN2O2S. The van der Waals surface area contributed by atoms with Crippen molar-refractivity contribution < 1.29 is 14.3 Å². The van der Waals surface area contributed by atoms with Crippen molar-refractivity contribution in [1.29, 1.82) is 0 Å². The second kappa shape index (κ2) is 5.01. The van der Waals surface area contributed by atoms with Gasteiger partial charge in [-0.25, -0.2) is 9.37 Å². The van der Waals surface area contributed by atoms with E-state index in [0.717, 1.165) is 0 Å². The smallest absolute Gasteiger partial charge is 0.326 e. The van der Waals surface area contributed by atoms with Crippen LogP contribution in [0.4, 0.5) is 4.39 Å². The highest BCUT2D eigenvalue weighted by Gasteiger charge is 2.18. The number of hydrogen-bond acceptors (Lipinski definition) is 4. The molecule has 0 fully saturated rings. The van der Waals surface area contributed by atoms with Crippen molar-refractivity contribution in [2.24, 2.45) is 5.73 Å². The highest BCUT2D eigenvalue weighted by molar-refractivity contribution is 7.13. The molecule has 1 aromatic heterocycles. The largest absolute Gasteiger partial charge is 0.480 e. The van der Waals surface area contributed by atoms with Crippen LogP contribution < -0.4 is 5.73 Å². The fourth-order valence-electron chi connectivity index (χ4n) is 1.37. The van der Waals surface area contributed by atoms with E-state index >= 15 is 0 Å². The molecule has 94 valence electrons. The van der Waals surface area contributed by atoms with Gasteiger partial charge in [0.25, 0.3) is 0 Å². The van der Waals surface area contributed by atoms with Crippen LogP contribution in [0, 0.1) is 5.82 Å². The fraction of sp³-hybridized carbons (Fsp3) is 0.0909. The Balaban J connectivity index is 2.37. The van der Waals surface area contributed by atoms with Crippen molar-refractivity contribution in [2.75, 3.05) is 0 Å². The molecule has 1 aromatic carbocycles. The number of carboxylic acids is 1. The number of carboxylic acid groups (broad SMARTS) is 1. The van der Waals surface area contributed by atoms with Crippen LogP contribution in [0.5, 0.6) is 0 Å². The SMILES string of the molecule is NC(C(=O)O)c1csc(-c2cc(F)cc(Cl)c2)n1. The van der Waals surface area contributed by atoms with Gasteiger partial charge in [0, 0.05) is 16.0 Å². The zero-order valence-corrected chi connectivity index (χ0v) is 10.5. The number of aliphatic carboxylic acids is 1. The Hall–Kier alpha value is -1.50. The number of hydrogen-bond donors (Lipinski definition) is 2. The minimum atomic E-state index is -1.18. The van der Waals surface area contributed by atoms with E-state index in [4.69, 9.17) is 22.4 Å². The summed E-state index contributed by atoms with van der Waals surface area (Å²) in [5.74, 6) is -1.64. The van der Waals surface area contributed by atoms with Gasteiger partial charge < -0.3 is 10.8 Å². The summed E-state index contributed by atoms with van der Waals surface area (Å²) in [6, 6.07) is 2.84. The third kappa shape index (κ3) is 2.66. The van der Waals surface area contributed by atoms with E-state index in [9.17, 15) is 9.18 Å².